The minimum absolute atomic E-state index is 0.320. The van der Waals surface area contributed by atoms with E-state index in [1.165, 1.54) is 6.33 Å². The highest BCUT2D eigenvalue weighted by atomic mass is 16.6. The number of nitrogens with zero attached hydrogens (tertiary/aromatic N) is 3. The number of hydrogen-bond donors (Lipinski definition) is 1. The van der Waals surface area contributed by atoms with E-state index in [2.05, 4.69) is 21.9 Å². The summed E-state index contributed by atoms with van der Waals surface area (Å²) in [5, 5.41) is 15.0. The average molecular weight is 458 g/mol. The van der Waals surface area contributed by atoms with Crippen molar-refractivity contribution in [2.75, 3.05) is 53.4 Å². The predicted octanol–water partition coefficient (Wildman–Crippen LogP) is 2.73. The van der Waals surface area contributed by atoms with Crippen LogP contribution in [0.5, 0.6) is 0 Å². The highest BCUT2D eigenvalue weighted by molar-refractivity contribution is 5.73. The molecule has 0 saturated carbocycles. The lowest BCUT2D eigenvalue weighted by Gasteiger charge is -2.28. The van der Waals surface area contributed by atoms with E-state index >= 15 is 0 Å². The van der Waals surface area contributed by atoms with Gasteiger partial charge in [-0.15, -0.1) is 0 Å². The number of aromatic nitrogens is 3. The number of methoxy groups -OCH3 is 1. The number of benzene rings is 1. The highest BCUT2D eigenvalue weighted by Gasteiger charge is 2.27. The maximum absolute atomic E-state index is 10.9. The monoisotopic (exact) mass is 457 g/mol. The highest BCUT2D eigenvalue weighted by Crippen LogP contribution is 2.28. The van der Waals surface area contributed by atoms with Crippen molar-refractivity contribution in [1.82, 2.24) is 14.8 Å². The van der Waals surface area contributed by atoms with Crippen LogP contribution < -0.4 is 0 Å². The maximum Gasteiger partial charge on any atom is 0.138 e. The summed E-state index contributed by atoms with van der Waals surface area (Å²) in [5.41, 5.74) is 2.07. The summed E-state index contributed by atoms with van der Waals surface area (Å²) in [7, 11) is 1.64. The van der Waals surface area contributed by atoms with Gasteiger partial charge in [0.15, 0.2) is 0 Å². The summed E-state index contributed by atoms with van der Waals surface area (Å²) in [6.45, 7) is 9.45. The Morgan fingerprint density at radius 2 is 1.79 bits per heavy atom. The van der Waals surface area contributed by atoms with E-state index in [9.17, 15) is 5.11 Å². The van der Waals surface area contributed by atoms with Gasteiger partial charge >= 0.3 is 0 Å². The van der Waals surface area contributed by atoms with Crippen LogP contribution in [0, 0.1) is 17.3 Å². The van der Waals surface area contributed by atoms with E-state index < -0.39 is 6.10 Å². The van der Waals surface area contributed by atoms with Gasteiger partial charge in [-0.25, -0.2) is 9.67 Å². The number of aliphatic hydroxyl groups is 1. The summed E-state index contributed by atoms with van der Waals surface area (Å²) >= 11 is 0. The van der Waals surface area contributed by atoms with Crippen LogP contribution in [0.1, 0.15) is 31.9 Å². The Balaban J connectivity index is 1.85. The van der Waals surface area contributed by atoms with E-state index in [-0.39, 0.29) is 5.41 Å². The van der Waals surface area contributed by atoms with Crippen LogP contribution in [0.15, 0.2) is 36.9 Å². The van der Waals surface area contributed by atoms with Crippen LogP contribution in [-0.4, -0.2) is 79.3 Å². The molecule has 1 unspecified atom stereocenters. The molecule has 0 fully saturated rings. The summed E-state index contributed by atoms with van der Waals surface area (Å²) in [4.78, 5) is 4.01. The third-order valence-electron chi connectivity index (χ3n) is 4.57. The molecule has 0 spiro atoms. The molecule has 0 aliphatic heterocycles. The number of rotatable bonds is 13. The van der Waals surface area contributed by atoms with Gasteiger partial charge < -0.3 is 24.1 Å². The van der Waals surface area contributed by atoms with E-state index in [0.717, 1.165) is 11.1 Å². The first-order valence-corrected chi connectivity index (χ1v) is 11.0. The molecule has 2 aromatic rings. The second-order valence-corrected chi connectivity index (χ2v) is 8.38. The molecule has 0 bridgehead atoms. The van der Waals surface area contributed by atoms with Crippen LogP contribution in [-0.2, 0) is 18.9 Å². The van der Waals surface area contributed by atoms with Gasteiger partial charge in [0.05, 0.1) is 45.3 Å². The van der Waals surface area contributed by atoms with Crippen LogP contribution >= 0.6 is 0 Å². The Morgan fingerprint density at radius 3 is 2.42 bits per heavy atom. The number of aliphatic hydroxyl groups excluding tert-OH is 1. The van der Waals surface area contributed by atoms with Gasteiger partial charge in [0.2, 0.25) is 0 Å². The zero-order chi connectivity index (χ0) is 23.9. The van der Waals surface area contributed by atoms with E-state index in [0.29, 0.717) is 51.9 Å². The molecule has 0 radical (unpaired) electrons. The van der Waals surface area contributed by atoms with Gasteiger partial charge in [0.25, 0.3) is 0 Å². The predicted molar refractivity (Wildman–Crippen MR) is 127 cm³/mol. The zero-order valence-electron chi connectivity index (χ0n) is 20.0. The molecule has 0 amide bonds. The third-order valence-corrected chi connectivity index (χ3v) is 4.57. The van der Waals surface area contributed by atoms with Gasteiger partial charge in [-0.05, 0) is 29.2 Å². The number of ether oxygens (including phenoxy) is 4. The topological polar surface area (TPSA) is 87.9 Å². The van der Waals surface area contributed by atoms with Crippen LogP contribution in [0.4, 0.5) is 0 Å². The smallest absolute Gasteiger partial charge is 0.138 e. The minimum atomic E-state index is -0.721. The zero-order valence-corrected chi connectivity index (χ0v) is 20.0. The summed E-state index contributed by atoms with van der Waals surface area (Å²) in [5.74, 6) is 6.13. The molecular formula is C25H35N3O5. The Hall–Kier alpha value is -2.54. The molecule has 8 nitrogen and oxygen atoms in total. The van der Waals surface area contributed by atoms with Gasteiger partial charge in [0.1, 0.15) is 25.4 Å². The fourth-order valence-corrected chi connectivity index (χ4v) is 2.78. The molecule has 1 atom stereocenters. The molecule has 33 heavy (non-hydrogen) atoms. The van der Waals surface area contributed by atoms with Crippen molar-refractivity contribution in [2.45, 2.75) is 26.9 Å². The summed E-state index contributed by atoms with van der Waals surface area (Å²) in [6.07, 6.45) is 4.22. The number of hydrogen-bond acceptors (Lipinski definition) is 7. The lowest BCUT2D eigenvalue weighted by Crippen LogP contribution is -2.29. The van der Waals surface area contributed by atoms with Crippen LogP contribution in [0.3, 0.4) is 0 Å². The summed E-state index contributed by atoms with van der Waals surface area (Å²) < 4.78 is 22.7. The molecule has 8 heteroatoms. The van der Waals surface area contributed by atoms with Crippen molar-refractivity contribution < 1.29 is 24.1 Å². The van der Waals surface area contributed by atoms with Gasteiger partial charge in [0, 0.05) is 12.7 Å². The van der Waals surface area contributed by atoms with Crippen molar-refractivity contribution >= 4 is 11.8 Å². The molecule has 1 aromatic carbocycles. The molecule has 0 saturated heterocycles. The summed E-state index contributed by atoms with van der Waals surface area (Å²) in [6, 6.07) is 7.80. The first kappa shape index (κ1) is 26.7. The SMILES string of the molecule is COCCOCCOCCOCC#Cc1cccc(/C=C(\C(O)C(C)(C)C)n2cncn2)c1. The lowest BCUT2D eigenvalue weighted by molar-refractivity contribution is 0.00758. The normalized spacial score (nSPS) is 12.9. The molecule has 0 aliphatic rings. The molecule has 1 heterocycles. The van der Waals surface area contributed by atoms with Crippen LogP contribution in [0.25, 0.3) is 11.8 Å². The fourth-order valence-electron chi connectivity index (χ4n) is 2.78. The molecule has 2 rings (SSSR count). The second-order valence-electron chi connectivity index (χ2n) is 8.38. The van der Waals surface area contributed by atoms with Gasteiger partial charge in [-0.1, -0.05) is 44.7 Å². The Bertz CT molecular complexity index is 895. The first-order chi connectivity index (χ1) is 15.9. The molecule has 1 aromatic heterocycles. The fraction of sp³-hybridized carbons (Fsp3) is 0.520. The van der Waals surface area contributed by atoms with Gasteiger partial charge in [-0.3, -0.25) is 0 Å². The Morgan fingerprint density at radius 1 is 1.09 bits per heavy atom. The average Bonchev–Trinajstić information content (AvgIpc) is 3.32. The van der Waals surface area contributed by atoms with E-state index in [4.69, 9.17) is 18.9 Å². The first-order valence-electron chi connectivity index (χ1n) is 11.0. The molecule has 0 aliphatic carbocycles. The minimum Gasteiger partial charge on any atom is -0.386 e. The molecule has 180 valence electrons. The van der Waals surface area contributed by atoms with E-state index in [1.54, 1.807) is 18.1 Å². The maximum atomic E-state index is 10.9. The van der Waals surface area contributed by atoms with Gasteiger partial charge in [-0.2, -0.15) is 5.10 Å². The van der Waals surface area contributed by atoms with Crippen molar-refractivity contribution in [1.29, 1.82) is 0 Å². The lowest BCUT2D eigenvalue weighted by atomic mass is 9.86. The van der Waals surface area contributed by atoms with Crippen LogP contribution in [0.2, 0.25) is 0 Å². The Kier molecular flexibility index (Phi) is 11.8. The standard InChI is InChI=1S/C25H35N3O5/c1-25(2,3)24(29)23(28-20-26-19-27-28)18-22-8-5-7-21(17-22)9-6-10-31-13-14-33-16-15-32-12-11-30-4/h5,7-8,17-20,24,29H,10-16H2,1-4H3/b23-18+. The largest absolute Gasteiger partial charge is 0.386 e. The Labute approximate surface area is 196 Å². The van der Waals surface area contributed by atoms with Crippen molar-refractivity contribution in [3.8, 4) is 11.8 Å². The quantitative estimate of drug-likeness (QED) is 0.365. The second kappa shape index (κ2) is 14.6. The third kappa shape index (κ3) is 10.3. The molecular weight excluding hydrogens is 422 g/mol. The molecule has 1 N–H and O–H groups in total. The van der Waals surface area contributed by atoms with Crippen molar-refractivity contribution in [3.05, 3.63) is 48.0 Å². The van der Waals surface area contributed by atoms with Crippen molar-refractivity contribution in [3.63, 3.8) is 0 Å². The van der Waals surface area contributed by atoms with Crippen molar-refractivity contribution in [2.24, 2.45) is 5.41 Å². The van der Waals surface area contributed by atoms with E-state index in [1.807, 2.05) is 51.1 Å².